The standard InChI is InChI=1S/C20H14ClF3N2O2/c1-12(27)26-28-19-7-5-13(15-3-2-8-25-11-15)9-16(19)14-4-6-18(21)17(10-14)20(22,23)24/h2-11H,1H3,(H,26,27). The summed E-state index contributed by atoms with van der Waals surface area (Å²) in [5, 5.41) is -0.399. The van der Waals surface area contributed by atoms with Crippen LogP contribution in [-0.2, 0) is 11.0 Å². The molecule has 3 rings (SSSR count). The Morgan fingerprint density at radius 1 is 1.07 bits per heavy atom. The lowest BCUT2D eigenvalue weighted by Gasteiger charge is -2.15. The van der Waals surface area contributed by atoms with E-state index in [1.54, 1.807) is 36.7 Å². The van der Waals surface area contributed by atoms with Crippen LogP contribution in [0, 0.1) is 0 Å². The molecule has 144 valence electrons. The second kappa shape index (κ2) is 7.90. The molecule has 1 amide bonds. The number of benzene rings is 2. The number of carbonyl (C=O) groups excluding carboxylic acids is 1. The van der Waals surface area contributed by atoms with Gasteiger partial charge in [0.25, 0.3) is 0 Å². The number of hydroxylamine groups is 1. The van der Waals surface area contributed by atoms with Crippen LogP contribution in [0.1, 0.15) is 12.5 Å². The number of alkyl halides is 3. The number of halogens is 4. The zero-order valence-corrected chi connectivity index (χ0v) is 15.3. The van der Waals surface area contributed by atoms with Gasteiger partial charge in [-0.05, 0) is 41.5 Å². The van der Waals surface area contributed by atoms with E-state index in [-0.39, 0.29) is 11.3 Å². The third-order valence-corrected chi connectivity index (χ3v) is 4.19. The molecule has 0 aliphatic rings. The largest absolute Gasteiger partial charge is 0.417 e. The number of aromatic nitrogens is 1. The molecule has 0 atom stereocenters. The van der Waals surface area contributed by atoms with E-state index < -0.39 is 22.7 Å². The molecule has 0 bridgehead atoms. The van der Waals surface area contributed by atoms with Crippen LogP contribution in [0.3, 0.4) is 0 Å². The van der Waals surface area contributed by atoms with Crippen molar-refractivity contribution in [3.05, 3.63) is 71.5 Å². The van der Waals surface area contributed by atoms with Crippen LogP contribution >= 0.6 is 11.6 Å². The molecular weight excluding hydrogens is 393 g/mol. The summed E-state index contributed by atoms with van der Waals surface area (Å²) in [7, 11) is 0. The Bertz CT molecular complexity index is 1010. The molecule has 2 aromatic carbocycles. The van der Waals surface area contributed by atoms with Gasteiger partial charge < -0.3 is 4.84 Å². The lowest BCUT2D eigenvalue weighted by molar-refractivity contribution is -0.137. The topological polar surface area (TPSA) is 51.2 Å². The highest BCUT2D eigenvalue weighted by Crippen LogP contribution is 2.40. The summed E-state index contributed by atoms with van der Waals surface area (Å²) in [6.45, 7) is 1.26. The lowest BCUT2D eigenvalue weighted by Crippen LogP contribution is -2.24. The fourth-order valence-corrected chi connectivity index (χ4v) is 2.82. The van der Waals surface area contributed by atoms with Gasteiger partial charge in [-0.2, -0.15) is 18.7 Å². The van der Waals surface area contributed by atoms with E-state index in [0.29, 0.717) is 5.56 Å². The third kappa shape index (κ3) is 4.43. The van der Waals surface area contributed by atoms with Crippen molar-refractivity contribution in [1.82, 2.24) is 10.5 Å². The Morgan fingerprint density at radius 2 is 1.82 bits per heavy atom. The molecule has 3 aromatic rings. The number of nitrogens with zero attached hydrogens (tertiary/aromatic N) is 1. The number of nitrogens with one attached hydrogen (secondary N) is 1. The second-order valence-electron chi connectivity index (χ2n) is 5.91. The summed E-state index contributed by atoms with van der Waals surface area (Å²) in [6.07, 6.45) is -1.35. The number of rotatable bonds is 4. The fourth-order valence-electron chi connectivity index (χ4n) is 2.59. The lowest BCUT2D eigenvalue weighted by atomic mass is 9.97. The summed E-state index contributed by atoms with van der Waals surface area (Å²) in [4.78, 5) is 20.5. The monoisotopic (exact) mass is 406 g/mol. The van der Waals surface area contributed by atoms with Crippen molar-refractivity contribution >= 4 is 17.5 Å². The minimum Gasteiger partial charge on any atom is -0.379 e. The van der Waals surface area contributed by atoms with E-state index in [1.165, 1.54) is 19.1 Å². The molecule has 0 saturated heterocycles. The zero-order chi connectivity index (χ0) is 20.3. The molecule has 1 aromatic heterocycles. The number of hydrogen-bond donors (Lipinski definition) is 1. The molecule has 0 aliphatic heterocycles. The molecule has 0 aliphatic carbocycles. The SMILES string of the molecule is CC(=O)NOc1ccc(-c2cccnc2)cc1-c1ccc(Cl)c(C(F)(F)F)c1. The quantitative estimate of drug-likeness (QED) is 0.580. The molecule has 4 nitrogen and oxygen atoms in total. The highest BCUT2D eigenvalue weighted by atomic mass is 35.5. The van der Waals surface area contributed by atoms with Crippen molar-refractivity contribution in [3.8, 4) is 28.0 Å². The minimum absolute atomic E-state index is 0.193. The maximum atomic E-state index is 13.3. The average Bonchev–Trinajstić information content (AvgIpc) is 2.66. The van der Waals surface area contributed by atoms with Crippen molar-refractivity contribution in [3.63, 3.8) is 0 Å². The van der Waals surface area contributed by atoms with E-state index in [1.807, 2.05) is 6.07 Å². The van der Waals surface area contributed by atoms with Crippen molar-refractivity contribution < 1.29 is 22.8 Å². The molecule has 8 heteroatoms. The zero-order valence-electron chi connectivity index (χ0n) is 14.5. The van der Waals surface area contributed by atoms with Gasteiger partial charge >= 0.3 is 6.18 Å². The molecule has 0 spiro atoms. The van der Waals surface area contributed by atoms with Crippen molar-refractivity contribution in [2.24, 2.45) is 0 Å². The van der Waals surface area contributed by atoms with E-state index in [9.17, 15) is 18.0 Å². The van der Waals surface area contributed by atoms with Gasteiger partial charge in [0, 0.05) is 30.4 Å². The minimum atomic E-state index is -4.60. The molecule has 0 unspecified atom stereocenters. The first kappa shape index (κ1) is 19.7. The normalized spacial score (nSPS) is 11.2. The highest BCUT2D eigenvalue weighted by Gasteiger charge is 2.33. The van der Waals surface area contributed by atoms with Crippen LogP contribution in [0.2, 0.25) is 5.02 Å². The average molecular weight is 407 g/mol. The Balaban J connectivity index is 2.14. The van der Waals surface area contributed by atoms with Crippen LogP contribution in [0.4, 0.5) is 13.2 Å². The predicted molar refractivity (Wildman–Crippen MR) is 99.6 cm³/mol. The molecule has 1 N–H and O–H groups in total. The number of pyridine rings is 1. The van der Waals surface area contributed by atoms with Gasteiger partial charge in [0.15, 0.2) is 5.75 Å². The molecule has 0 saturated carbocycles. The van der Waals surface area contributed by atoms with Gasteiger partial charge in [0.1, 0.15) is 0 Å². The molecular formula is C20H14ClF3N2O2. The molecule has 0 fully saturated rings. The molecule has 0 radical (unpaired) electrons. The predicted octanol–water partition coefficient (Wildman–Crippen LogP) is 5.52. The van der Waals surface area contributed by atoms with E-state index >= 15 is 0 Å². The van der Waals surface area contributed by atoms with Gasteiger partial charge in [-0.15, -0.1) is 0 Å². The van der Waals surface area contributed by atoms with Crippen LogP contribution < -0.4 is 10.3 Å². The van der Waals surface area contributed by atoms with Gasteiger partial charge in [-0.1, -0.05) is 29.8 Å². The number of hydrogen-bond acceptors (Lipinski definition) is 3. The van der Waals surface area contributed by atoms with Crippen LogP contribution in [0.25, 0.3) is 22.3 Å². The summed E-state index contributed by atoms with van der Waals surface area (Å²) in [5.74, 6) is -0.257. The maximum absolute atomic E-state index is 13.3. The Morgan fingerprint density at radius 3 is 2.46 bits per heavy atom. The maximum Gasteiger partial charge on any atom is 0.417 e. The van der Waals surface area contributed by atoms with Gasteiger partial charge in [0.2, 0.25) is 5.91 Å². The number of carbonyl (C=O) groups is 1. The Labute approximate surface area is 163 Å². The second-order valence-corrected chi connectivity index (χ2v) is 6.31. The summed E-state index contributed by atoms with van der Waals surface area (Å²) < 4.78 is 39.8. The first-order chi connectivity index (χ1) is 13.3. The van der Waals surface area contributed by atoms with Gasteiger partial charge in [0.05, 0.1) is 10.6 Å². The first-order valence-electron chi connectivity index (χ1n) is 8.10. The highest BCUT2D eigenvalue weighted by molar-refractivity contribution is 6.31. The van der Waals surface area contributed by atoms with Crippen molar-refractivity contribution in [2.45, 2.75) is 13.1 Å². The summed E-state index contributed by atoms with van der Waals surface area (Å²) in [5.41, 5.74) is 3.33. The number of amides is 1. The van der Waals surface area contributed by atoms with Crippen molar-refractivity contribution in [1.29, 1.82) is 0 Å². The smallest absolute Gasteiger partial charge is 0.379 e. The van der Waals surface area contributed by atoms with Crippen LogP contribution in [-0.4, -0.2) is 10.9 Å². The Kier molecular flexibility index (Phi) is 5.56. The molecule has 1 heterocycles. The third-order valence-electron chi connectivity index (χ3n) is 3.86. The fraction of sp³-hybridized carbons (Fsp3) is 0.100. The van der Waals surface area contributed by atoms with E-state index in [2.05, 4.69) is 10.5 Å². The van der Waals surface area contributed by atoms with Gasteiger partial charge in [-0.25, -0.2) is 0 Å². The summed E-state index contributed by atoms with van der Waals surface area (Å²) in [6, 6.07) is 12.1. The first-order valence-corrected chi connectivity index (χ1v) is 8.48. The van der Waals surface area contributed by atoms with Crippen molar-refractivity contribution in [2.75, 3.05) is 0 Å². The Hall–Kier alpha value is -3.06. The van der Waals surface area contributed by atoms with Crippen LogP contribution in [0.5, 0.6) is 5.75 Å². The van der Waals surface area contributed by atoms with Crippen LogP contribution in [0.15, 0.2) is 60.9 Å². The molecule has 28 heavy (non-hydrogen) atoms. The summed E-state index contributed by atoms with van der Waals surface area (Å²) >= 11 is 5.72. The van der Waals surface area contributed by atoms with E-state index in [4.69, 9.17) is 16.4 Å². The van der Waals surface area contributed by atoms with E-state index in [0.717, 1.165) is 17.2 Å². The van der Waals surface area contributed by atoms with Gasteiger partial charge in [-0.3, -0.25) is 9.78 Å².